The number of nitrogens with two attached hydrogens (primary N) is 1. The summed E-state index contributed by atoms with van der Waals surface area (Å²) >= 11 is 0. The Balaban J connectivity index is 2.08. The van der Waals surface area contributed by atoms with Crippen molar-refractivity contribution in [3.05, 3.63) is 30.5 Å². The molecule has 18 heavy (non-hydrogen) atoms. The second-order valence-corrected chi connectivity index (χ2v) is 4.86. The molecule has 3 N–H and O–H groups in total. The molecule has 0 bridgehead atoms. The Kier molecular flexibility index (Phi) is 2.80. The summed E-state index contributed by atoms with van der Waals surface area (Å²) in [4.78, 5) is 6.62. The molecule has 1 fully saturated rings. The first-order valence-corrected chi connectivity index (χ1v) is 6.28. The first-order chi connectivity index (χ1) is 8.79. The molecule has 0 spiro atoms. The zero-order valence-electron chi connectivity index (χ0n) is 10.2. The van der Waals surface area contributed by atoms with Crippen LogP contribution in [0.4, 0.5) is 11.4 Å². The number of fused-ring (bicyclic) bond motifs is 1. The van der Waals surface area contributed by atoms with Gasteiger partial charge in [-0.2, -0.15) is 0 Å². The van der Waals surface area contributed by atoms with E-state index in [1.165, 1.54) is 0 Å². The maximum atomic E-state index is 9.24. The Bertz CT molecular complexity index is 570. The van der Waals surface area contributed by atoms with Crippen LogP contribution in [0.3, 0.4) is 0 Å². The van der Waals surface area contributed by atoms with E-state index in [0.717, 1.165) is 36.1 Å². The summed E-state index contributed by atoms with van der Waals surface area (Å²) < 4.78 is 0. The second kappa shape index (κ2) is 4.46. The minimum atomic E-state index is 0.249. The van der Waals surface area contributed by atoms with Crippen molar-refractivity contribution >= 4 is 22.3 Å². The van der Waals surface area contributed by atoms with Gasteiger partial charge in [0.05, 0.1) is 23.1 Å². The molecule has 0 radical (unpaired) electrons. The molecule has 1 aliphatic rings. The Morgan fingerprint density at radius 2 is 2.22 bits per heavy atom. The monoisotopic (exact) mass is 243 g/mol. The molecular formula is C14H17N3O. The maximum absolute atomic E-state index is 9.24. The molecule has 0 aliphatic carbocycles. The van der Waals surface area contributed by atoms with Crippen molar-refractivity contribution in [1.29, 1.82) is 0 Å². The average Bonchev–Trinajstić information content (AvgIpc) is 2.87. The fourth-order valence-electron chi connectivity index (χ4n) is 2.68. The quantitative estimate of drug-likeness (QED) is 0.841. The van der Waals surface area contributed by atoms with E-state index < -0.39 is 0 Å². The number of hydrogen-bond donors (Lipinski definition) is 2. The molecule has 1 unspecified atom stereocenters. The van der Waals surface area contributed by atoms with Crippen molar-refractivity contribution in [3.8, 4) is 0 Å². The van der Waals surface area contributed by atoms with E-state index in [9.17, 15) is 5.11 Å². The molecule has 1 aromatic carbocycles. The van der Waals surface area contributed by atoms with Crippen LogP contribution in [0.2, 0.25) is 0 Å². The van der Waals surface area contributed by atoms with Gasteiger partial charge in [-0.25, -0.2) is 0 Å². The van der Waals surface area contributed by atoms with Crippen molar-refractivity contribution < 1.29 is 5.11 Å². The maximum Gasteiger partial charge on any atom is 0.0745 e. The van der Waals surface area contributed by atoms with Crippen molar-refractivity contribution in [1.82, 2.24) is 4.98 Å². The molecule has 1 aliphatic heterocycles. The largest absolute Gasteiger partial charge is 0.396 e. The third-order valence-electron chi connectivity index (χ3n) is 3.64. The highest BCUT2D eigenvalue weighted by molar-refractivity contribution is 5.97. The van der Waals surface area contributed by atoms with Crippen LogP contribution in [0.5, 0.6) is 0 Å². The van der Waals surface area contributed by atoms with E-state index in [0.29, 0.717) is 11.6 Å². The van der Waals surface area contributed by atoms with E-state index >= 15 is 0 Å². The van der Waals surface area contributed by atoms with Crippen molar-refractivity contribution in [3.63, 3.8) is 0 Å². The van der Waals surface area contributed by atoms with Gasteiger partial charge in [0.2, 0.25) is 0 Å². The minimum absolute atomic E-state index is 0.249. The topological polar surface area (TPSA) is 62.4 Å². The number of rotatable bonds is 2. The molecule has 1 saturated heterocycles. The lowest BCUT2D eigenvalue weighted by atomic mass is 10.1. The van der Waals surface area contributed by atoms with Crippen LogP contribution in [0.1, 0.15) is 6.42 Å². The molecule has 94 valence electrons. The van der Waals surface area contributed by atoms with Crippen molar-refractivity contribution in [2.45, 2.75) is 6.42 Å². The lowest BCUT2D eigenvalue weighted by Gasteiger charge is -2.22. The SMILES string of the molecule is Nc1cnc2ccccc2c1N1CCC(CO)C1. The Labute approximate surface area is 106 Å². The minimum Gasteiger partial charge on any atom is -0.396 e. The average molecular weight is 243 g/mol. The van der Waals surface area contributed by atoms with E-state index in [1.807, 2.05) is 18.2 Å². The molecule has 0 saturated carbocycles. The van der Waals surface area contributed by atoms with Crippen LogP contribution in [0.25, 0.3) is 10.9 Å². The van der Waals surface area contributed by atoms with E-state index in [4.69, 9.17) is 5.73 Å². The number of aliphatic hydroxyl groups is 1. The number of pyridine rings is 1. The zero-order chi connectivity index (χ0) is 12.5. The number of aromatic nitrogens is 1. The van der Waals surface area contributed by atoms with Crippen LogP contribution in [0, 0.1) is 5.92 Å². The smallest absolute Gasteiger partial charge is 0.0745 e. The second-order valence-electron chi connectivity index (χ2n) is 4.86. The summed E-state index contributed by atoms with van der Waals surface area (Å²) in [5.41, 5.74) is 8.83. The number of para-hydroxylation sites is 1. The Morgan fingerprint density at radius 1 is 1.39 bits per heavy atom. The number of anilines is 2. The first-order valence-electron chi connectivity index (χ1n) is 6.28. The molecule has 1 atom stereocenters. The highest BCUT2D eigenvalue weighted by atomic mass is 16.3. The van der Waals surface area contributed by atoms with Crippen LogP contribution < -0.4 is 10.6 Å². The molecule has 2 heterocycles. The predicted octanol–water partition coefficient (Wildman–Crippen LogP) is 1.64. The summed E-state index contributed by atoms with van der Waals surface area (Å²) in [5, 5.41) is 10.3. The number of nitrogens with zero attached hydrogens (tertiary/aromatic N) is 2. The van der Waals surface area contributed by atoms with Crippen LogP contribution in [-0.2, 0) is 0 Å². The molecule has 2 aromatic rings. The van der Waals surface area contributed by atoms with Gasteiger partial charge in [0.1, 0.15) is 0 Å². The molecule has 4 nitrogen and oxygen atoms in total. The molecular weight excluding hydrogens is 226 g/mol. The number of aliphatic hydroxyl groups excluding tert-OH is 1. The molecule has 1 aromatic heterocycles. The van der Waals surface area contributed by atoms with Crippen LogP contribution in [0.15, 0.2) is 30.5 Å². The third kappa shape index (κ3) is 1.78. The van der Waals surface area contributed by atoms with Gasteiger partial charge in [-0.15, -0.1) is 0 Å². The number of benzene rings is 1. The van der Waals surface area contributed by atoms with Crippen molar-refractivity contribution in [2.75, 3.05) is 30.3 Å². The lowest BCUT2D eigenvalue weighted by molar-refractivity contribution is 0.238. The predicted molar refractivity (Wildman–Crippen MR) is 73.6 cm³/mol. The van der Waals surface area contributed by atoms with Gasteiger partial charge in [-0.1, -0.05) is 18.2 Å². The number of nitrogen functional groups attached to an aromatic ring is 1. The van der Waals surface area contributed by atoms with Crippen LogP contribution in [-0.4, -0.2) is 29.8 Å². The Morgan fingerprint density at radius 3 is 3.00 bits per heavy atom. The first kappa shape index (κ1) is 11.3. The summed E-state index contributed by atoms with van der Waals surface area (Å²) in [6.45, 7) is 2.07. The summed E-state index contributed by atoms with van der Waals surface area (Å²) in [6.07, 6.45) is 2.75. The highest BCUT2D eigenvalue weighted by Crippen LogP contribution is 2.34. The third-order valence-corrected chi connectivity index (χ3v) is 3.64. The standard InChI is InChI=1S/C14H17N3O/c15-12-7-16-13-4-2-1-3-11(13)14(12)17-6-5-10(8-17)9-18/h1-4,7,10,18H,5-6,8-9,15H2. The summed E-state index contributed by atoms with van der Waals surface area (Å²) in [6, 6.07) is 8.04. The van der Waals surface area contributed by atoms with Gasteiger partial charge in [0, 0.05) is 31.0 Å². The lowest BCUT2D eigenvalue weighted by Crippen LogP contribution is -2.22. The molecule has 4 heteroatoms. The fraction of sp³-hybridized carbons (Fsp3) is 0.357. The Hall–Kier alpha value is -1.81. The zero-order valence-corrected chi connectivity index (χ0v) is 10.2. The van der Waals surface area contributed by atoms with Gasteiger partial charge in [0.15, 0.2) is 0 Å². The van der Waals surface area contributed by atoms with Crippen molar-refractivity contribution in [2.24, 2.45) is 5.92 Å². The normalized spacial score (nSPS) is 19.6. The summed E-state index contributed by atoms with van der Waals surface area (Å²) in [7, 11) is 0. The van der Waals surface area contributed by atoms with Gasteiger partial charge >= 0.3 is 0 Å². The fourth-order valence-corrected chi connectivity index (χ4v) is 2.68. The summed E-state index contributed by atoms with van der Waals surface area (Å²) in [5.74, 6) is 0.358. The van der Waals surface area contributed by atoms with E-state index in [1.54, 1.807) is 6.20 Å². The van der Waals surface area contributed by atoms with Gasteiger partial charge in [-0.3, -0.25) is 4.98 Å². The molecule has 0 amide bonds. The van der Waals surface area contributed by atoms with Gasteiger partial charge in [0.25, 0.3) is 0 Å². The van der Waals surface area contributed by atoms with Gasteiger partial charge < -0.3 is 15.7 Å². The molecule has 3 rings (SSSR count). The van der Waals surface area contributed by atoms with Crippen LogP contribution >= 0.6 is 0 Å². The van der Waals surface area contributed by atoms with E-state index in [-0.39, 0.29) is 6.61 Å². The van der Waals surface area contributed by atoms with E-state index in [2.05, 4.69) is 16.0 Å². The van der Waals surface area contributed by atoms with Gasteiger partial charge in [-0.05, 0) is 12.5 Å². The number of hydrogen-bond acceptors (Lipinski definition) is 4. The highest BCUT2D eigenvalue weighted by Gasteiger charge is 2.24.